The molecule has 3 aromatic rings. The standard InChI is InChI=1S/C20H22N2O/c1-2-12-22(15-16-8-4-3-5-9-16)20(23)13-17-14-21-19-11-7-6-10-18(17)19/h3-11,14,21H,2,12-13,15H2,1H3. The summed E-state index contributed by atoms with van der Waals surface area (Å²) >= 11 is 0. The first-order valence-electron chi connectivity index (χ1n) is 8.14. The number of carbonyl (C=O) groups is 1. The number of aromatic nitrogens is 1. The Morgan fingerprint density at radius 3 is 2.57 bits per heavy atom. The summed E-state index contributed by atoms with van der Waals surface area (Å²) in [5.41, 5.74) is 3.33. The number of nitrogens with one attached hydrogen (secondary N) is 1. The Morgan fingerprint density at radius 1 is 1.04 bits per heavy atom. The van der Waals surface area contributed by atoms with Crippen LogP contribution in [0.1, 0.15) is 24.5 Å². The molecule has 0 aliphatic rings. The van der Waals surface area contributed by atoms with Gasteiger partial charge in [0.25, 0.3) is 0 Å². The number of carbonyl (C=O) groups excluding carboxylic acids is 1. The summed E-state index contributed by atoms with van der Waals surface area (Å²) in [6.07, 6.45) is 3.36. The number of rotatable bonds is 6. The van der Waals surface area contributed by atoms with E-state index in [1.807, 2.05) is 47.5 Å². The molecule has 0 unspecified atom stereocenters. The molecule has 3 nitrogen and oxygen atoms in total. The predicted octanol–water partition coefficient (Wildman–Crippen LogP) is 4.15. The minimum atomic E-state index is 0.181. The molecule has 0 aliphatic heterocycles. The van der Waals surface area contributed by atoms with Crippen LogP contribution in [-0.2, 0) is 17.8 Å². The Labute approximate surface area is 136 Å². The van der Waals surface area contributed by atoms with Crippen molar-refractivity contribution >= 4 is 16.8 Å². The van der Waals surface area contributed by atoms with E-state index in [1.54, 1.807) is 0 Å². The fraction of sp³-hybridized carbons (Fsp3) is 0.250. The van der Waals surface area contributed by atoms with Crippen LogP contribution in [0.15, 0.2) is 60.8 Å². The van der Waals surface area contributed by atoms with Gasteiger partial charge in [-0.15, -0.1) is 0 Å². The lowest BCUT2D eigenvalue weighted by atomic mass is 10.1. The normalized spacial score (nSPS) is 10.8. The zero-order valence-electron chi connectivity index (χ0n) is 13.5. The molecular formula is C20H22N2O. The highest BCUT2D eigenvalue weighted by Crippen LogP contribution is 2.19. The van der Waals surface area contributed by atoms with E-state index in [1.165, 1.54) is 5.56 Å². The van der Waals surface area contributed by atoms with Crippen LogP contribution >= 0.6 is 0 Å². The molecule has 1 amide bonds. The lowest BCUT2D eigenvalue weighted by molar-refractivity contribution is -0.131. The minimum Gasteiger partial charge on any atom is -0.361 e. The van der Waals surface area contributed by atoms with Crippen molar-refractivity contribution in [2.75, 3.05) is 6.54 Å². The third-order valence-corrected chi connectivity index (χ3v) is 4.08. The monoisotopic (exact) mass is 306 g/mol. The average Bonchev–Trinajstić information content (AvgIpc) is 2.99. The highest BCUT2D eigenvalue weighted by atomic mass is 16.2. The van der Waals surface area contributed by atoms with Gasteiger partial charge in [-0.1, -0.05) is 55.5 Å². The molecule has 3 rings (SSSR count). The summed E-state index contributed by atoms with van der Waals surface area (Å²) in [7, 11) is 0. The molecule has 0 radical (unpaired) electrons. The van der Waals surface area contributed by atoms with Gasteiger partial charge in [0.1, 0.15) is 0 Å². The fourth-order valence-corrected chi connectivity index (χ4v) is 2.92. The maximum atomic E-state index is 12.8. The van der Waals surface area contributed by atoms with Gasteiger partial charge in [0.15, 0.2) is 0 Å². The van der Waals surface area contributed by atoms with Gasteiger partial charge in [0.05, 0.1) is 6.42 Å². The Bertz CT molecular complexity index is 776. The summed E-state index contributed by atoms with van der Waals surface area (Å²) in [6, 6.07) is 18.3. The summed E-state index contributed by atoms with van der Waals surface area (Å²) in [4.78, 5) is 18.0. The van der Waals surface area contributed by atoms with E-state index in [2.05, 4.69) is 30.1 Å². The van der Waals surface area contributed by atoms with Gasteiger partial charge in [-0.05, 0) is 23.6 Å². The largest absolute Gasteiger partial charge is 0.361 e. The zero-order chi connectivity index (χ0) is 16.1. The Kier molecular flexibility index (Phi) is 4.77. The van der Waals surface area contributed by atoms with E-state index in [4.69, 9.17) is 0 Å². The Balaban J connectivity index is 1.76. The number of amides is 1. The second-order valence-corrected chi connectivity index (χ2v) is 5.84. The average molecular weight is 306 g/mol. The van der Waals surface area contributed by atoms with E-state index < -0.39 is 0 Å². The Hall–Kier alpha value is -2.55. The second kappa shape index (κ2) is 7.14. The number of nitrogens with zero attached hydrogens (tertiary/aromatic N) is 1. The lowest BCUT2D eigenvalue weighted by Crippen LogP contribution is -2.32. The van der Waals surface area contributed by atoms with Crippen LogP contribution in [0.4, 0.5) is 0 Å². The summed E-state index contributed by atoms with van der Waals surface area (Å²) in [5, 5.41) is 1.14. The van der Waals surface area contributed by atoms with Crippen molar-refractivity contribution in [3.8, 4) is 0 Å². The van der Waals surface area contributed by atoms with Crippen LogP contribution in [0.2, 0.25) is 0 Å². The molecule has 0 atom stereocenters. The SMILES string of the molecule is CCCN(Cc1ccccc1)C(=O)Cc1c[nH]c2ccccc12. The van der Waals surface area contributed by atoms with E-state index in [0.717, 1.165) is 29.4 Å². The predicted molar refractivity (Wildman–Crippen MR) is 94.2 cm³/mol. The van der Waals surface area contributed by atoms with Crippen LogP contribution < -0.4 is 0 Å². The van der Waals surface area contributed by atoms with Crippen molar-refractivity contribution in [1.29, 1.82) is 0 Å². The van der Waals surface area contributed by atoms with Crippen molar-refractivity contribution in [1.82, 2.24) is 9.88 Å². The van der Waals surface area contributed by atoms with Gasteiger partial charge in [-0.2, -0.15) is 0 Å². The highest BCUT2D eigenvalue weighted by Gasteiger charge is 2.15. The van der Waals surface area contributed by atoms with Crippen molar-refractivity contribution in [3.63, 3.8) is 0 Å². The molecule has 23 heavy (non-hydrogen) atoms. The van der Waals surface area contributed by atoms with Crippen LogP contribution in [0, 0.1) is 0 Å². The smallest absolute Gasteiger partial charge is 0.227 e. The van der Waals surface area contributed by atoms with Crippen LogP contribution in [0.5, 0.6) is 0 Å². The number of hydrogen-bond acceptors (Lipinski definition) is 1. The number of hydrogen-bond donors (Lipinski definition) is 1. The van der Waals surface area contributed by atoms with Crippen LogP contribution in [0.3, 0.4) is 0 Å². The maximum absolute atomic E-state index is 12.8. The minimum absolute atomic E-state index is 0.181. The van der Waals surface area contributed by atoms with Gasteiger partial charge in [0.2, 0.25) is 5.91 Å². The van der Waals surface area contributed by atoms with E-state index in [-0.39, 0.29) is 5.91 Å². The van der Waals surface area contributed by atoms with Gasteiger partial charge in [0, 0.05) is 30.2 Å². The number of fused-ring (bicyclic) bond motifs is 1. The zero-order valence-corrected chi connectivity index (χ0v) is 13.5. The quantitative estimate of drug-likeness (QED) is 0.729. The molecule has 118 valence electrons. The van der Waals surface area contributed by atoms with E-state index >= 15 is 0 Å². The summed E-state index contributed by atoms with van der Waals surface area (Å²) in [5.74, 6) is 0.181. The molecule has 0 fully saturated rings. The van der Waals surface area contributed by atoms with Gasteiger partial charge in [-0.25, -0.2) is 0 Å². The third-order valence-electron chi connectivity index (χ3n) is 4.08. The van der Waals surface area contributed by atoms with Crippen molar-refractivity contribution < 1.29 is 4.79 Å². The second-order valence-electron chi connectivity index (χ2n) is 5.84. The van der Waals surface area contributed by atoms with Crippen molar-refractivity contribution in [3.05, 3.63) is 71.9 Å². The number of H-pyrrole nitrogens is 1. The van der Waals surface area contributed by atoms with Crippen molar-refractivity contribution in [2.24, 2.45) is 0 Å². The molecule has 2 aromatic carbocycles. The van der Waals surface area contributed by atoms with E-state index in [9.17, 15) is 4.79 Å². The molecule has 1 aromatic heterocycles. The highest BCUT2D eigenvalue weighted by molar-refractivity contribution is 5.88. The maximum Gasteiger partial charge on any atom is 0.227 e. The summed E-state index contributed by atoms with van der Waals surface area (Å²) in [6.45, 7) is 3.57. The molecular weight excluding hydrogens is 284 g/mol. The van der Waals surface area contributed by atoms with Crippen LogP contribution in [-0.4, -0.2) is 22.3 Å². The van der Waals surface area contributed by atoms with Gasteiger partial charge in [-0.3, -0.25) is 4.79 Å². The fourth-order valence-electron chi connectivity index (χ4n) is 2.92. The molecule has 1 N–H and O–H groups in total. The molecule has 0 aliphatic carbocycles. The van der Waals surface area contributed by atoms with Gasteiger partial charge < -0.3 is 9.88 Å². The number of para-hydroxylation sites is 1. The van der Waals surface area contributed by atoms with Crippen molar-refractivity contribution in [2.45, 2.75) is 26.3 Å². The molecule has 0 saturated heterocycles. The first-order chi connectivity index (χ1) is 11.3. The molecule has 0 spiro atoms. The third kappa shape index (κ3) is 3.62. The molecule has 0 saturated carbocycles. The van der Waals surface area contributed by atoms with E-state index in [0.29, 0.717) is 13.0 Å². The van der Waals surface area contributed by atoms with Gasteiger partial charge >= 0.3 is 0 Å². The topological polar surface area (TPSA) is 36.1 Å². The Morgan fingerprint density at radius 2 is 1.78 bits per heavy atom. The summed E-state index contributed by atoms with van der Waals surface area (Å²) < 4.78 is 0. The number of benzene rings is 2. The lowest BCUT2D eigenvalue weighted by Gasteiger charge is -2.22. The first-order valence-corrected chi connectivity index (χ1v) is 8.14. The molecule has 0 bridgehead atoms. The molecule has 1 heterocycles. The van der Waals surface area contributed by atoms with Crippen LogP contribution in [0.25, 0.3) is 10.9 Å². The molecule has 3 heteroatoms. The number of aromatic amines is 1. The first kappa shape index (κ1) is 15.3.